The molecule has 0 aromatic heterocycles. The zero-order valence-electron chi connectivity index (χ0n) is 17.7. The van der Waals surface area contributed by atoms with Crippen LogP contribution < -0.4 is 15.0 Å². The number of halogens is 3. The second-order valence-corrected chi connectivity index (χ2v) is 8.30. The van der Waals surface area contributed by atoms with E-state index in [0.717, 1.165) is 50.9 Å². The summed E-state index contributed by atoms with van der Waals surface area (Å²) in [6.45, 7) is 2.43. The largest absolute Gasteiger partial charge is 0.493 e. The standard InChI is InChI=1S/C24H31F3N2O/c1-29(2)22-10-6-18(7-11-22)4-3-5-19-14-15-28-16-20(19)17-30-23-12-8-21(9-13-23)24(25,26)27/h6-13,19-20,28H,3-5,14-17H2,1-2H3. The van der Waals surface area contributed by atoms with Gasteiger partial charge in [-0.25, -0.2) is 0 Å². The highest BCUT2D eigenvalue weighted by Crippen LogP contribution is 2.31. The molecule has 0 amide bonds. The lowest BCUT2D eigenvalue weighted by Gasteiger charge is -2.32. The van der Waals surface area contributed by atoms with Crippen molar-refractivity contribution < 1.29 is 17.9 Å². The van der Waals surface area contributed by atoms with E-state index in [1.807, 2.05) is 14.1 Å². The summed E-state index contributed by atoms with van der Waals surface area (Å²) in [6.07, 6.45) is 0.120. The third-order valence-corrected chi connectivity index (χ3v) is 5.90. The summed E-state index contributed by atoms with van der Waals surface area (Å²) in [4.78, 5) is 2.10. The van der Waals surface area contributed by atoms with E-state index in [2.05, 4.69) is 34.5 Å². The van der Waals surface area contributed by atoms with E-state index in [-0.39, 0.29) is 0 Å². The molecule has 0 aliphatic carbocycles. The molecule has 1 aliphatic heterocycles. The average molecular weight is 421 g/mol. The number of aryl methyl sites for hydroxylation is 1. The lowest BCUT2D eigenvalue weighted by atomic mass is 9.83. The number of anilines is 1. The minimum atomic E-state index is -4.32. The zero-order chi connectivity index (χ0) is 21.6. The van der Waals surface area contributed by atoms with Crippen LogP contribution >= 0.6 is 0 Å². The molecule has 1 N–H and O–H groups in total. The maximum Gasteiger partial charge on any atom is 0.416 e. The van der Waals surface area contributed by atoms with Crippen molar-refractivity contribution in [2.24, 2.45) is 11.8 Å². The molecule has 2 atom stereocenters. The molecule has 1 saturated heterocycles. The van der Waals surface area contributed by atoms with Crippen LogP contribution in [0.15, 0.2) is 48.5 Å². The molecule has 1 heterocycles. The van der Waals surface area contributed by atoms with Gasteiger partial charge in [0.1, 0.15) is 5.75 Å². The van der Waals surface area contributed by atoms with E-state index in [1.54, 1.807) is 0 Å². The lowest BCUT2D eigenvalue weighted by Crippen LogP contribution is -2.39. The molecular formula is C24H31F3N2O. The molecule has 164 valence electrons. The first kappa shape index (κ1) is 22.5. The minimum Gasteiger partial charge on any atom is -0.493 e. The second kappa shape index (κ2) is 10.2. The van der Waals surface area contributed by atoms with Gasteiger partial charge in [0.2, 0.25) is 0 Å². The van der Waals surface area contributed by atoms with Crippen LogP contribution in [0.2, 0.25) is 0 Å². The number of rotatable bonds is 8. The van der Waals surface area contributed by atoms with Crippen molar-refractivity contribution in [2.45, 2.75) is 31.9 Å². The fraction of sp³-hybridized carbons (Fsp3) is 0.500. The number of piperidine rings is 1. The van der Waals surface area contributed by atoms with Crippen LogP contribution in [0.4, 0.5) is 18.9 Å². The van der Waals surface area contributed by atoms with Crippen LogP contribution in [-0.2, 0) is 12.6 Å². The van der Waals surface area contributed by atoms with E-state index in [9.17, 15) is 13.2 Å². The van der Waals surface area contributed by atoms with Gasteiger partial charge in [-0.15, -0.1) is 0 Å². The molecule has 1 fully saturated rings. The Hall–Kier alpha value is -2.21. The van der Waals surface area contributed by atoms with E-state index in [4.69, 9.17) is 4.74 Å². The molecule has 6 heteroatoms. The molecular weight excluding hydrogens is 389 g/mol. The van der Waals surface area contributed by atoms with Gasteiger partial charge >= 0.3 is 6.18 Å². The molecule has 1 aliphatic rings. The molecule has 2 aromatic carbocycles. The first-order valence-corrected chi connectivity index (χ1v) is 10.6. The molecule has 0 spiro atoms. The van der Waals surface area contributed by atoms with E-state index in [0.29, 0.717) is 24.2 Å². The summed E-state index contributed by atoms with van der Waals surface area (Å²) < 4.78 is 43.9. The number of hydrogen-bond donors (Lipinski definition) is 1. The SMILES string of the molecule is CN(C)c1ccc(CCCC2CCNCC2COc2ccc(C(F)(F)F)cc2)cc1. The summed E-state index contributed by atoms with van der Waals surface area (Å²) in [5.41, 5.74) is 1.91. The van der Waals surface area contributed by atoms with Crippen molar-refractivity contribution in [3.05, 3.63) is 59.7 Å². The zero-order valence-corrected chi connectivity index (χ0v) is 17.7. The van der Waals surface area contributed by atoms with Crippen molar-refractivity contribution in [1.29, 1.82) is 0 Å². The average Bonchev–Trinajstić information content (AvgIpc) is 2.73. The summed E-state index contributed by atoms with van der Waals surface area (Å²) >= 11 is 0. The third kappa shape index (κ3) is 6.39. The Morgan fingerprint density at radius 2 is 1.70 bits per heavy atom. The van der Waals surface area contributed by atoms with Gasteiger partial charge in [0, 0.05) is 32.2 Å². The van der Waals surface area contributed by atoms with Gasteiger partial charge in [-0.2, -0.15) is 13.2 Å². The number of nitrogens with zero attached hydrogens (tertiary/aromatic N) is 1. The van der Waals surface area contributed by atoms with Crippen molar-refractivity contribution in [2.75, 3.05) is 38.7 Å². The van der Waals surface area contributed by atoms with Crippen molar-refractivity contribution in [3.63, 3.8) is 0 Å². The summed E-state index contributed by atoms with van der Waals surface area (Å²) in [7, 11) is 4.08. The Morgan fingerprint density at radius 1 is 1.00 bits per heavy atom. The molecule has 3 nitrogen and oxygen atoms in total. The van der Waals surface area contributed by atoms with Gasteiger partial charge in [0.25, 0.3) is 0 Å². The van der Waals surface area contributed by atoms with Crippen molar-refractivity contribution in [1.82, 2.24) is 5.32 Å². The Morgan fingerprint density at radius 3 is 2.33 bits per heavy atom. The predicted octanol–water partition coefficient (Wildman–Crippen LogP) is 5.40. The molecule has 2 aromatic rings. The normalized spacial score (nSPS) is 19.5. The van der Waals surface area contributed by atoms with Crippen LogP contribution in [0.25, 0.3) is 0 Å². The Bertz CT molecular complexity index is 773. The highest BCUT2D eigenvalue weighted by Gasteiger charge is 2.30. The van der Waals surface area contributed by atoms with Crippen LogP contribution in [0.3, 0.4) is 0 Å². The molecule has 0 bridgehead atoms. The van der Waals surface area contributed by atoms with Crippen LogP contribution in [0, 0.1) is 11.8 Å². The van der Waals surface area contributed by atoms with Gasteiger partial charge in [0.15, 0.2) is 0 Å². The van der Waals surface area contributed by atoms with Crippen molar-refractivity contribution in [3.8, 4) is 5.75 Å². The molecule has 30 heavy (non-hydrogen) atoms. The number of benzene rings is 2. The highest BCUT2D eigenvalue weighted by atomic mass is 19.4. The fourth-order valence-corrected chi connectivity index (χ4v) is 4.02. The summed E-state index contributed by atoms with van der Waals surface area (Å²) in [5, 5.41) is 3.42. The maximum absolute atomic E-state index is 12.7. The van der Waals surface area contributed by atoms with Gasteiger partial charge in [0.05, 0.1) is 12.2 Å². The second-order valence-electron chi connectivity index (χ2n) is 8.30. The number of alkyl halides is 3. The number of nitrogens with one attached hydrogen (secondary N) is 1. The third-order valence-electron chi connectivity index (χ3n) is 5.90. The predicted molar refractivity (Wildman–Crippen MR) is 115 cm³/mol. The smallest absolute Gasteiger partial charge is 0.416 e. The topological polar surface area (TPSA) is 24.5 Å². The Balaban J connectivity index is 1.47. The number of ether oxygens (including phenoxy) is 1. The van der Waals surface area contributed by atoms with Crippen LogP contribution in [0.1, 0.15) is 30.4 Å². The monoisotopic (exact) mass is 420 g/mol. The highest BCUT2D eigenvalue weighted by molar-refractivity contribution is 5.46. The van der Waals surface area contributed by atoms with Gasteiger partial charge in [-0.3, -0.25) is 0 Å². The lowest BCUT2D eigenvalue weighted by molar-refractivity contribution is -0.137. The Kier molecular flexibility index (Phi) is 7.64. The Labute approximate surface area is 177 Å². The molecule has 3 rings (SSSR count). The van der Waals surface area contributed by atoms with Crippen LogP contribution in [-0.4, -0.2) is 33.8 Å². The van der Waals surface area contributed by atoms with E-state index < -0.39 is 11.7 Å². The maximum atomic E-state index is 12.7. The minimum absolute atomic E-state index is 0.372. The molecule has 0 radical (unpaired) electrons. The molecule has 2 unspecified atom stereocenters. The van der Waals surface area contributed by atoms with Gasteiger partial charge in [-0.1, -0.05) is 12.1 Å². The summed E-state index contributed by atoms with van der Waals surface area (Å²) in [5.74, 6) is 1.44. The quantitative estimate of drug-likeness (QED) is 0.619. The summed E-state index contributed by atoms with van der Waals surface area (Å²) in [6, 6.07) is 13.7. The first-order chi connectivity index (χ1) is 14.3. The van der Waals surface area contributed by atoms with Gasteiger partial charge < -0.3 is 15.0 Å². The van der Waals surface area contributed by atoms with Gasteiger partial charge in [-0.05, 0) is 80.1 Å². The first-order valence-electron chi connectivity index (χ1n) is 10.6. The van der Waals surface area contributed by atoms with E-state index in [1.165, 1.54) is 23.4 Å². The van der Waals surface area contributed by atoms with Crippen LogP contribution in [0.5, 0.6) is 5.75 Å². The molecule has 0 saturated carbocycles. The number of hydrogen-bond acceptors (Lipinski definition) is 3. The van der Waals surface area contributed by atoms with E-state index >= 15 is 0 Å². The fourth-order valence-electron chi connectivity index (χ4n) is 4.02. The van der Waals surface area contributed by atoms with Crippen molar-refractivity contribution >= 4 is 5.69 Å².